The smallest absolute Gasteiger partial charge is 0.122 e. The highest BCUT2D eigenvalue weighted by Crippen LogP contribution is 2.30. The van der Waals surface area contributed by atoms with Gasteiger partial charge in [0.1, 0.15) is 5.76 Å². The molecule has 0 unspecified atom stereocenters. The predicted molar refractivity (Wildman–Crippen MR) is 80.5 cm³/mol. The molecule has 0 saturated carbocycles. The topological polar surface area (TPSA) is 37.6 Å². The number of nitrogens with one attached hydrogen (secondary N) is 1. The summed E-state index contributed by atoms with van der Waals surface area (Å²) in [5, 5.41) is 4.12. The second-order valence-corrected chi connectivity index (χ2v) is 5.13. The van der Waals surface area contributed by atoms with E-state index in [1.54, 1.807) is 6.26 Å². The highest BCUT2D eigenvalue weighted by atomic mass is 35.5. The number of rotatable bonds is 4. The van der Waals surface area contributed by atoms with E-state index in [0.29, 0.717) is 6.54 Å². The first-order chi connectivity index (χ1) is 9.83. The molecule has 1 aliphatic rings. The molecule has 2 aromatic rings. The molecule has 2 heterocycles. The molecule has 4 nitrogen and oxygen atoms in total. The zero-order valence-corrected chi connectivity index (χ0v) is 11.9. The summed E-state index contributed by atoms with van der Waals surface area (Å²) in [6, 6.07) is 9.77. The van der Waals surface area contributed by atoms with Crippen LogP contribution in [-0.4, -0.2) is 26.3 Å². The van der Waals surface area contributed by atoms with Crippen molar-refractivity contribution in [3.05, 3.63) is 47.4 Å². The zero-order chi connectivity index (χ0) is 13.8. The third-order valence-corrected chi connectivity index (χ3v) is 3.58. The maximum absolute atomic E-state index is 6.11. The van der Waals surface area contributed by atoms with Crippen molar-refractivity contribution in [2.24, 2.45) is 0 Å². The fourth-order valence-corrected chi connectivity index (χ4v) is 2.50. The first-order valence-corrected chi connectivity index (χ1v) is 7.09. The Morgan fingerprint density at radius 3 is 2.80 bits per heavy atom. The summed E-state index contributed by atoms with van der Waals surface area (Å²) in [7, 11) is 0. The molecule has 0 atom stereocenters. The van der Waals surface area contributed by atoms with Crippen molar-refractivity contribution >= 4 is 23.0 Å². The first-order valence-electron chi connectivity index (χ1n) is 6.71. The lowest BCUT2D eigenvalue weighted by Gasteiger charge is -2.30. The lowest BCUT2D eigenvalue weighted by atomic mass is 10.2. The van der Waals surface area contributed by atoms with Gasteiger partial charge in [0.25, 0.3) is 0 Å². The molecule has 0 amide bonds. The molecule has 0 spiro atoms. The lowest BCUT2D eigenvalue weighted by molar-refractivity contribution is 0.123. The third kappa shape index (κ3) is 3.08. The van der Waals surface area contributed by atoms with Gasteiger partial charge in [-0.1, -0.05) is 11.6 Å². The monoisotopic (exact) mass is 292 g/mol. The normalized spacial score (nSPS) is 15.3. The number of ether oxygens (including phenoxy) is 1. The number of hydrogen-bond acceptors (Lipinski definition) is 4. The molecular formula is C15H17ClN2O2. The fraction of sp³-hybridized carbons (Fsp3) is 0.333. The van der Waals surface area contributed by atoms with E-state index in [9.17, 15) is 0 Å². The van der Waals surface area contributed by atoms with Crippen molar-refractivity contribution in [1.29, 1.82) is 0 Å². The number of morpholine rings is 1. The van der Waals surface area contributed by atoms with Gasteiger partial charge in [0.05, 0.1) is 37.4 Å². The Hall–Kier alpha value is -1.65. The molecule has 1 N–H and O–H groups in total. The number of hydrogen-bond donors (Lipinski definition) is 1. The van der Waals surface area contributed by atoms with Crippen LogP contribution in [0.2, 0.25) is 5.02 Å². The number of halogens is 1. The van der Waals surface area contributed by atoms with Crippen molar-refractivity contribution < 1.29 is 9.15 Å². The largest absolute Gasteiger partial charge is 0.467 e. The Morgan fingerprint density at radius 2 is 2.05 bits per heavy atom. The van der Waals surface area contributed by atoms with Crippen LogP contribution in [0.1, 0.15) is 5.76 Å². The van der Waals surface area contributed by atoms with Crippen LogP contribution in [0.25, 0.3) is 0 Å². The standard InChI is InChI=1S/C15H17ClN2O2/c16-12-3-4-15(18-5-8-19-9-6-18)14(10-12)17-11-13-2-1-7-20-13/h1-4,7,10,17H,5-6,8-9,11H2. The molecule has 1 fully saturated rings. The van der Waals surface area contributed by atoms with Crippen LogP contribution in [0.15, 0.2) is 41.0 Å². The Labute approximate surface area is 123 Å². The van der Waals surface area contributed by atoms with Crippen LogP contribution in [0.3, 0.4) is 0 Å². The maximum Gasteiger partial charge on any atom is 0.122 e. The summed E-state index contributed by atoms with van der Waals surface area (Å²) in [6.45, 7) is 3.97. The van der Waals surface area contributed by atoms with Crippen LogP contribution >= 0.6 is 11.6 Å². The van der Waals surface area contributed by atoms with Crippen LogP contribution in [-0.2, 0) is 11.3 Å². The SMILES string of the molecule is Clc1ccc(N2CCOCC2)c(NCc2ccco2)c1. The Bertz CT molecular complexity index is 551. The van der Waals surface area contributed by atoms with Gasteiger partial charge in [-0.3, -0.25) is 0 Å². The van der Waals surface area contributed by atoms with Crippen LogP contribution in [0, 0.1) is 0 Å². The van der Waals surface area contributed by atoms with Crippen molar-refractivity contribution in [2.75, 3.05) is 36.5 Å². The van der Waals surface area contributed by atoms with Crippen molar-refractivity contribution in [3.8, 4) is 0 Å². The molecular weight excluding hydrogens is 276 g/mol. The van der Waals surface area contributed by atoms with Gasteiger partial charge in [-0.25, -0.2) is 0 Å². The van der Waals surface area contributed by atoms with Gasteiger partial charge < -0.3 is 19.4 Å². The van der Waals surface area contributed by atoms with Gasteiger partial charge in [0.2, 0.25) is 0 Å². The number of anilines is 2. The van der Waals surface area contributed by atoms with E-state index in [1.165, 1.54) is 0 Å². The van der Waals surface area contributed by atoms with Crippen molar-refractivity contribution in [1.82, 2.24) is 0 Å². The molecule has 0 bridgehead atoms. The molecule has 1 aliphatic heterocycles. The first kappa shape index (κ1) is 13.3. The van der Waals surface area contributed by atoms with Crippen LogP contribution in [0.4, 0.5) is 11.4 Å². The molecule has 0 aliphatic carbocycles. The van der Waals surface area contributed by atoms with Crippen LogP contribution in [0.5, 0.6) is 0 Å². The Morgan fingerprint density at radius 1 is 1.20 bits per heavy atom. The fourth-order valence-electron chi connectivity index (χ4n) is 2.33. The molecule has 1 aromatic carbocycles. The maximum atomic E-state index is 6.11. The average molecular weight is 293 g/mol. The Kier molecular flexibility index (Phi) is 4.14. The molecule has 5 heteroatoms. The second-order valence-electron chi connectivity index (χ2n) is 4.69. The number of nitrogens with zero attached hydrogens (tertiary/aromatic N) is 1. The van der Waals surface area contributed by atoms with E-state index in [0.717, 1.165) is 48.5 Å². The minimum absolute atomic E-state index is 0.644. The predicted octanol–water partition coefficient (Wildman–Crippen LogP) is 3.38. The molecule has 1 saturated heterocycles. The third-order valence-electron chi connectivity index (χ3n) is 3.34. The second kappa shape index (κ2) is 6.20. The van der Waals surface area contributed by atoms with E-state index in [4.69, 9.17) is 20.8 Å². The minimum atomic E-state index is 0.644. The summed E-state index contributed by atoms with van der Waals surface area (Å²) in [5.41, 5.74) is 2.18. The minimum Gasteiger partial charge on any atom is -0.467 e. The molecule has 1 aromatic heterocycles. The highest BCUT2D eigenvalue weighted by Gasteiger charge is 2.15. The van der Waals surface area contributed by atoms with E-state index < -0.39 is 0 Å². The highest BCUT2D eigenvalue weighted by molar-refractivity contribution is 6.31. The summed E-state index contributed by atoms with van der Waals surface area (Å²) >= 11 is 6.11. The molecule has 20 heavy (non-hydrogen) atoms. The van der Waals surface area contributed by atoms with Gasteiger partial charge in [0.15, 0.2) is 0 Å². The molecule has 3 rings (SSSR count). The van der Waals surface area contributed by atoms with E-state index >= 15 is 0 Å². The van der Waals surface area contributed by atoms with E-state index in [2.05, 4.69) is 16.3 Å². The zero-order valence-electron chi connectivity index (χ0n) is 11.1. The van der Waals surface area contributed by atoms with Crippen molar-refractivity contribution in [2.45, 2.75) is 6.54 Å². The Balaban J connectivity index is 1.78. The molecule has 0 radical (unpaired) electrons. The summed E-state index contributed by atoms with van der Waals surface area (Å²) in [5.74, 6) is 0.901. The van der Waals surface area contributed by atoms with Gasteiger partial charge >= 0.3 is 0 Å². The van der Waals surface area contributed by atoms with E-state index in [-0.39, 0.29) is 0 Å². The summed E-state index contributed by atoms with van der Waals surface area (Å²) < 4.78 is 10.7. The van der Waals surface area contributed by atoms with Crippen molar-refractivity contribution in [3.63, 3.8) is 0 Å². The lowest BCUT2D eigenvalue weighted by Crippen LogP contribution is -2.36. The van der Waals surface area contributed by atoms with E-state index in [1.807, 2.05) is 24.3 Å². The molecule has 106 valence electrons. The van der Waals surface area contributed by atoms with Gasteiger partial charge in [-0.2, -0.15) is 0 Å². The quantitative estimate of drug-likeness (QED) is 0.937. The van der Waals surface area contributed by atoms with Gasteiger partial charge in [-0.15, -0.1) is 0 Å². The number of benzene rings is 1. The summed E-state index contributed by atoms with van der Waals surface area (Å²) in [4.78, 5) is 2.31. The average Bonchev–Trinajstić information content (AvgIpc) is 2.99. The summed E-state index contributed by atoms with van der Waals surface area (Å²) in [6.07, 6.45) is 1.68. The van der Waals surface area contributed by atoms with Gasteiger partial charge in [-0.05, 0) is 30.3 Å². The number of furan rings is 1. The van der Waals surface area contributed by atoms with Gasteiger partial charge in [0, 0.05) is 18.1 Å². The van der Waals surface area contributed by atoms with Crippen LogP contribution < -0.4 is 10.2 Å².